The summed E-state index contributed by atoms with van der Waals surface area (Å²) in [7, 11) is 4.66. The topological polar surface area (TPSA) is 107 Å². The zero-order chi connectivity index (χ0) is 23.6. The molecule has 9 heteroatoms. The number of aromatic amines is 1. The molecule has 1 aliphatic heterocycles. The quantitative estimate of drug-likeness (QED) is 0.410. The number of ether oxygens (including phenoxy) is 3. The van der Waals surface area contributed by atoms with E-state index in [4.69, 9.17) is 19.2 Å². The monoisotopic (exact) mass is 452 g/mol. The van der Waals surface area contributed by atoms with Crippen LogP contribution in [0.2, 0.25) is 0 Å². The number of hydrogen-bond donors (Lipinski definition) is 1. The molecular formula is C24H28N4O5. The molecule has 1 saturated heterocycles. The lowest BCUT2D eigenvalue weighted by Gasteiger charge is -2.37. The summed E-state index contributed by atoms with van der Waals surface area (Å²) in [4.78, 5) is 38.8. The van der Waals surface area contributed by atoms with Crippen molar-refractivity contribution in [2.45, 2.75) is 19.8 Å². The van der Waals surface area contributed by atoms with Gasteiger partial charge in [0.15, 0.2) is 22.9 Å². The van der Waals surface area contributed by atoms with Gasteiger partial charge in [0.25, 0.3) is 0 Å². The predicted molar refractivity (Wildman–Crippen MR) is 123 cm³/mol. The van der Waals surface area contributed by atoms with Crippen LogP contribution in [-0.4, -0.2) is 72.9 Å². The number of aldehydes is 1. The van der Waals surface area contributed by atoms with Crippen molar-refractivity contribution in [3.05, 3.63) is 30.1 Å². The van der Waals surface area contributed by atoms with Crippen LogP contribution in [0.25, 0.3) is 22.4 Å². The maximum absolute atomic E-state index is 13.6. The molecule has 0 radical (unpaired) electrons. The van der Waals surface area contributed by atoms with Gasteiger partial charge in [0.05, 0.1) is 45.3 Å². The van der Waals surface area contributed by atoms with Crippen LogP contribution >= 0.6 is 0 Å². The van der Waals surface area contributed by atoms with Crippen LogP contribution in [0.1, 0.15) is 30.1 Å². The first-order valence-corrected chi connectivity index (χ1v) is 10.8. The first kappa shape index (κ1) is 22.7. The van der Waals surface area contributed by atoms with E-state index in [9.17, 15) is 9.59 Å². The lowest BCUT2D eigenvalue weighted by atomic mass is 9.75. The van der Waals surface area contributed by atoms with Gasteiger partial charge in [0, 0.05) is 17.2 Å². The van der Waals surface area contributed by atoms with Crippen molar-refractivity contribution < 1.29 is 23.8 Å². The number of carbonyl (C=O) groups excluding carboxylic acids is 2. The Morgan fingerprint density at radius 1 is 1.15 bits per heavy atom. The molecule has 3 heterocycles. The predicted octanol–water partition coefficient (Wildman–Crippen LogP) is 3.13. The second-order valence-corrected chi connectivity index (χ2v) is 8.43. The van der Waals surface area contributed by atoms with E-state index in [-0.39, 0.29) is 5.78 Å². The number of nitrogens with one attached hydrogen (secondary N) is 1. The molecule has 1 aromatic carbocycles. The summed E-state index contributed by atoms with van der Waals surface area (Å²) in [6.07, 6.45) is 5.62. The van der Waals surface area contributed by atoms with E-state index < -0.39 is 5.41 Å². The largest absolute Gasteiger partial charge is 0.493 e. The molecule has 9 nitrogen and oxygen atoms in total. The summed E-state index contributed by atoms with van der Waals surface area (Å²) in [5, 5.41) is 0. The molecule has 1 N–H and O–H groups in total. The maximum atomic E-state index is 13.6. The second kappa shape index (κ2) is 9.19. The minimum Gasteiger partial charge on any atom is -0.493 e. The lowest BCUT2D eigenvalue weighted by Crippen LogP contribution is -2.43. The Labute approximate surface area is 192 Å². The number of methoxy groups -OCH3 is 3. The smallest absolute Gasteiger partial charge is 0.203 e. The molecule has 1 fully saturated rings. The van der Waals surface area contributed by atoms with Crippen molar-refractivity contribution in [1.82, 2.24) is 19.9 Å². The zero-order valence-electron chi connectivity index (χ0n) is 19.3. The van der Waals surface area contributed by atoms with Crippen LogP contribution < -0.4 is 14.2 Å². The normalized spacial score (nSPS) is 15.9. The Hall–Kier alpha value is -3.46. The Balaban J connectivity index is 1.70. The Kier molecular flexibility index (Phi) is 6.33. The van der Waals surface area contributed by atoms with Gasteiger partial charge < -0.3 is 24.0 Å². The number of likely N-dealkylation sites (tertiary alicyclic amines) is 1. The van der Waals surface area contributed by atoms with Crippen LogP contribution in [0.15, 0.2) is 24.5 Å². The standard InChI is InChI=1S/C24H28N4O5/c1-24(5-7-28(8-6-24)9-10-29)22(30)16-13-25-23-20(16)27-17(14-26-23)15-11-18(31-2)21(33-4)19(12-15)32-3/h10-14H,5-9H2,1-4H3,(H,25,26). The zero-order valence-corrected chi connectivity index (χ0v) is 19.3. The van der Waals surface area contributed by atoms with Gasteiger partial charge in [-0.1, -0.05) is 6.92 Å². The molecule has 0 unspecified atom stereocenters. The van der Waals surface area contributed by atoms with Gasteiger partial charge in [-0.05, 0) is 38.1 Å². The number of piperidine rings is 1. The van der Waals surface area contributed by atoms with Crippen molar-refractivity contribution in [3.63, 3.8) is 0 Å². The Morgan fingerprint density at radius 3 is 2.39 bits per heavy atom. The maximum Gasteiger partial charge on any atom is 0.203 e. The molecule has 0 aliphatic carbocycles. The number of benzene rings is 1. The van der Waals surface area contributed by atoms with Gasteiger partial charge >= 0.3 is 0 Å². The highest BCUT2D eigenvalue weighted by molar-refractivity contribution is 6.08. The average molecular weight is 453 g/mol. The van der Waals surface area contributed by atoms with Crippen LogP contribution in [0.3, 0.4) is 0 Å². The van der Waals surface area contributed by atoms with Gasteiger partial charge in [-0.25, -0.2) is 9.97 Å². The number of ketones is 1. The number of H-pyrrole nitrogens is 1. The molecule has 0 saturated carbocycles. The van der Waals surface area contributed by atoms with Gasteiger partial charge in [-0.3, -0.25) is 9.69 Å². The molecule has 174 valence electrons. The first-order valence-electron chi connectivity index (χ1n) is 10.8. The average Bonchev–Trinajstić information content (AvgIpc) is 3.27. The van der Waals surface area contributed by atoms with Crippen LogP contribution in [-0.2, 0) is 4.79 Å². The van der Waals surface area contributed by atoms with Crippen molar-refractivity contribution in [2.75, 3.05) is 41.0 Å². The number of carbonyl (C=O) groups is 2. The number of aromatic nitrogens is 3. The summed E-state index contributed by atoms with van der Waals surface area (Å²) in [6, 6.07) is 3.60. The SMILES string of the molecule is COc1cc(-c2cnc3[nH]cc(C(=O)C4(C)CCN(CC=O)CC4)c3n2)cc(OC)c1OC. The molecule has 1 aliphatic rings. The van der Waals surface area contributed by atoms with E-state index in [1.807, 2.05) is 6.92 Å². The van der Waals surface area contributed by atoms with E-state index in [0.717, 1.165) is 11.8 Å². The van der Waals surface area contributed by atoms with E-state index >= 15 is 0 Å². The van der Waals surface area contributed by atoms with E-state index in [2.05, 4.69) is 14.9 Å². The first-order chi connectivity index (χ1) is 15.9. The summed E-state index contributed by atoms with van der Waals surface area (Å²) >= 11 is 0. The fourth-order valence-corrected chi connectivity index (χ4v) is 4.32. The molecule has 0 spiro atoms. The van der Waals surface area contributed by atoms with Gasteiger partial charge in [-0.15, -0.1) is 0 Å². The second-order valence-electron chi connectivity index (χ2n) is 8.43. The molecule has 2 aromatic heterocycles. The highest BCUT2D eigenvalue weighted by Gasteiger charge is 2.38. The number of rotatable bonds is 8. The third kappa shape index (κ3) is 4.16. The lowest BCUT2D eigenvalue weighted by molar-refractivity contribution is -0.109. The van der Waals surface area contributed by atoms with E-state index in [1.165, 1.54) is 0 Å². The number of Topliss-reactive ketones (excluding diaryl/α,β-unsaturated/α-hetero) is 1. The minimum absolute atomic E-state index is 0.0378. The van der Waals surface area contributed by atoms with E-state index in [0.29, 0.717) is 72.1 Å². The summed E-state index contributed by atoms with van der Waals surface area (Å²) in [5.74, 6) is 1.54. The summed E-state index contributed by atoms with van der Waals surface area (Å²) in [6.45, 7) is 3.82. The molecular weight excluding hydrogens is 424 g/mol. The highest BCUT2D eigenvalue weighted by atomic mass is 16.5. The molecule has 33 heavy (non-hydrogen) atoms. The molecule has 3 aromatic rings. The summed E-state index contributed by atoms with van der Waals surface area (Å²) < 4.78 is 16.3. The van der Waals surface area contributed by atoms with Crippen molar-refractivity contribution in [3.8, 4) is 28.5 Å². The number of fused-ring (bicyclic) bond motifs is 1. The van der Waals surface area contributed by atoms with Gasteiger partial charge in [-0.2, -0.15) is 0 Å². The molecule has 0 amide bonds. The molecule has 4 rings (SSSR count). The fraction of sp³-hybridized carbons (Fsp3) is 0.417. The minimum atomic E-state index is -0.515. The van der Waals surface area contributed by atoms with Crippen LogP contribution in [0, 0.1) is 5.41 Å². The van der Waals surface area contributed by atoms with Gasteiger partial charge in [0.2, 0.25) is 5.75 Å². The van der Waals surface area contributed by atoms with Gasteiger partial charge in [0.1, 0.15) is 11.8 Å². The van der Waals surface area contributed by atoms with Crippen molar-refractivity contribution in [1.29, 1.82) is 0 Å². The van der Waals surface area contributed by atoms with Crippen molar-refractivity contribution >= 4 is 23.2 Å². The Bertz CT molecular complexity index is 1160. The van der Waals surface area contributed by atoms with Crippen molar-refractivity contribution in [2.24, 2.45) is 5.41 Å². The summed E-state index contributed by atoms with van der Waals surface area (Å²) in [5.41, 5.74) is 2.41. The molecule has 0 bridgehead atoms. The third-order valence-electron chi connectivity index (χ3n) is 6.43. The number of nitrogens with zero attached hydrogens (tertiary/aromatic N) is 3. The highest BCUT2D eigenvalue weighted by Crippen LogP contribution is 2.41. The third-order valence-corrected chi connectivity index (χ3v) is 6.43. The fourth-order valence-electron chi connectivity index (χ4n) is 4.32. The Morgan fingerprint density at radius 2 is 1.82 bits per heavy atom. The van der Waals surface area contributed by atoms with Crippen LogP contribution in [0.4, 0.5) is 0 Å². The number of hydrogen-bond acceptors (Lipinski definition) is 8. The van der Waals surface area contributed by atoms with Crippen LogP contribution in [0.5, 0.6) is 17.2 Å². The van der Waals surface area contributed by atoms with E-state index in [1.54, 1.807) is 45.9 Å². The molecule has 0 atom stereocenters.